The van der Waals surface area contributed by atoms with Gasteiger partial charge in [0.05, 0.1) is 33.3 Å². The minimum Gasteiger partial charge on any atom is -0.488 e. The van der Waals surface area contributed by atoms with Crippen LogP contribution in [0.15, 0.2) is 85.2 Å². The maximum absolute atomic E-state index is 11.0. The molecule has 0 fully saturated rings. The fraction of sp³-hybridized carbons (Fsp3) is 0.267. The summed E-state index contributed by atoms with van der Waals surface area (Å²) in [6.07, 6.45) is 2.42. The highest BCUT2D eigenvalue weighted by Gasteiger charge is 2.17. The Morgan fingerprint density at radius 1 is 0.847 bits per heavy atom. The monoisotopic (exact) mass is 833 g/mol. The van der Waals surface area contributed by atoms with Crippen molar-refractivity contribution in [3.05, 3.63) is 129 Å². The van der Waals surface area contributed by atoms with Crippen molar-refractivity contribution in [2.45, 2.75) is 65.5 Å². The third-order valence-corrected chi connectivity index (χ3v) is 11.1. The van der Waals surface area contributed by atoms with Gasteiger partial charge in [0, 0.05) is 61.2 Å². The normalized spacial score (nSPS) is 11.6. The lowest BCUT2D eigenvalue weighted by atomic mass is 9.91. The highest BCUT2D eigenvalue weighted by atomic mass is 35.5. The van der Waals surface area contributed by atoms with Gasteiger partial charge in [-0.1, -0.05) is 54.1 Å². The van der Waals surface area contributed by atoms with Gasteiger partial charge in [0.2, 0.25) is 0 Å². The average Bonchev–Trinajstić information content (AvgIpc) is 3.63. The lowest BCUT2D eigenvalue weighted by Crippen LogP contribution is -2.28. The van der Waals surface area contributed by atoms with Gasteiger partial charge < -0.3 is 35.4 Å². The second kappa shape index (κ2) is 20.2. The van der Waals surface area contributed by atoms with E-state index in [-0.39, 0.29) is 32.6 Å². The summed E-state index contributed by atoms with van der Waals surface area (Å²) in [5.74, 6) is -0.909. The molecule has 0 amide bonds. The molecule has 6 aromatic rings. The first-order valence-electron chi connectivity index (χ1n) is 19.0. The minimum atomic E-state index is -1.03. The third kappa shape index (κ3) is 11.4. The van der Waals surface area contributed by atoms with Crippen molar-refractivity contribution in [3.8, 4) is 39.3 Å². The van der Waals surface area contributed by atoms with Gasteiger partial charge in [0.15, 0.2) is 0 Å². The summed E-state index contributed by atoms with van der Waals surface area (Å²) < 4.78 is 13.6. The molecular weight excluding hydrogens is 790 g/mol. The fourth-order valence-electron chi connectivity index (χ4n) is 6.63. The standard InChI is InChI=1S/C45H44ClN5O7S/c1-27-32(26-58-41-18-40(57-25-31-14-30(19-47)21-49-22-31)33(16-38(41)46)23-48-13-5-10-43(53)54)6-3-7-35(27)36-8-4-9-37(28(36)2)45-51-39-12-11-29(15-42(39)59-45)20-50-24-34(52)17-44(55)56/h3-4,6-9,11-12,14-16,18,21-22,34,48,50,52H,5,10,13,17,20,23-26H2,1-2H3,(H,53,54)(H,55,56). The number of aliphatic carboxylic acids is 2. The number of aliphatic hydroxyl groups is 1. The van der Waals surface area contributed by atoms with Crippen molar-refractivity contribution in [2.75, 3.05) is 13.1 Å². The number of rotatable bonds is 20. The molecule has 1 atom stereocenters. The van der Waals surface area contributed by atoms with Gasteiger partial charge in [-0.05, 0) is 84.5 Å². The van der Waals surface area contributed by atoms with E-state index >= 15 is 0 Å². The van der Waals surface area contributed by atoms with Crippen molar-refractivity contribution in [3.63, 3.8) is 0 Å². The number of thiazole rings is 1. The van der Waals surface area contributed by atoms with Crippen LogP contribution in [0, 0.1) is 25.2 Å². The van der Waals surface area contributed by atoms with E-state index in [1.54, 1.807) is 35.7 Å². The SMILES string of the molecule is Cc1c(COc2cc(OCc3cncc(C#N)c3)c(CNCCCC(=O)O)cc2Cl)cccc1-c1cccc(-c2nc3ccc(CNCC(O)CC(=O)O)cc3s2)c1C. The first-order valence-corrected chi connectivity index (χ1v) is 20.2. The first-order chi connectivity index (χ1) is 28.5. The Morgan fingerprint density at radius 3 is 2.39 bits per heavy atom. The smallest absolute Gasteiger partial charge is 0.306 e. The molecule has 12 nitrogen and oxygen atoms in total. The van der Waals surface area contributed by atoms with E-state index < -0.39 is 18.0 Å². The summed E-state index contributed by atoms with van der Waals surface area (Å²) >= 11 is 8.40. The molecule has 0 spiro atoms. The number of nitriles is 1. The molecule has 2 aromatic heterocycles. The Morgan fingerprint density at radius 2 is 1.61 bits per heavy atom. The number of aromatic nitrogens is 2. The number of halogens is 1. The Balaban J connectivity index is 1.18. The van der Waals surface area contributed by atoms with E-state index in [0.29, 0.717) is 48.1 Å². The summed E-state index contributed by atoms with van der Waals surface area (Å²) in [6.45, 7) is 6.15. The number of aliphatic hydroxyl groups excluding tert-OH is 1. The number of nitrogens with zero attached hydrogens (tertiary/aromatic N) is 3. The molecule has 0 bridgehead atoms. The average molecular weight is 834 g/mol. The van der Waals surface area contributed by atoms with Gasteiger partial charge in [-0.25, -0.2) is 4.98 Å². The molecule has 14 heteroatoms. The number of carboxylic acid groups (broad SMARTS) is 2. The van der Waals surface area contributed by atoms with E-state index in [1.165, 1.54) is 6.20 Å². The van der Waals surface area contributed by atoms with E-state index in [0.717, 1.165) is 65.3 Å². The summed E-state index contributed by atoms with van der Waals surface area (Å²) in [4.78, 5) is 30.9. The van der Waals surface area contributed by atoms with Crippen LogP contribution in [0.5, 0.6) is 11.5 Å². The van der Waals surface area contributed by atoms with Crippen molar-refractivity contribution in [1.29, 1.82) is 5.26 Å². The van der Waals surface area contributed by atoms with Crippen molar-refractivity contribution in [2.24, 2.45) is 0 Å². The number of carbonyl (C=O) groups is 2. The number of benzene rings is 4. The van der Waals surface area contributed by atoms with Crippen LogP contribution in [0.4, 0.5) is 0 Å². The van der Waals surface area contributed by atoms with Crippen LogP contribution in [0.3, 0.4) is 0 Å². The molecule has 0 aliphatic rings. The zero-order chi connectivity index (χ0) is 41.9. The minimum absolute atomic E-state index is 0.0651. The number of ether oxygens (including phenoxy) is 2. The van der Waals surface area contributed by atoms with E-state index in [1.807, 2.05) is 30.3 Å². The zero-order valence-corrected chi connectivity index (χ0v) is 34.2. The fourth-order valence-corrected chi connectivity index (χ4v) is 7.99. The van der Waals surface area contributed by atoms with Crippen LogP contribution in [0.25, 0.3) is 31.9 Å². The predicted molar refractivity (Wildman–Crippen MR) is 228 cm³/mol. The summed E-state index contributed by atoms with van der Waals surface area (Å²) in [6, 6.07) is 25.8. The molecule has 304 valence electrons. The Bertz CT molecular complexity index is 2500. The summed E-state index contributed by atoms with van der Waals surface area (Å²) in [5.41, 5.74) is 10.1. The molecule has 5 N–H and O–H groups in total. The zero-order valence-electron chi connectivity index (χ0n) is 32.6. The topological polar surface area (TPSA) is 187 Å². The van der Waals surface area contributed by atoms with Crippen molar-refractivity contribution in [1.82, 2.24) is 20.6 Å². The molecule has 1 unspecified atom stereocenters. The quantitative estimate of drug-likeness (QED) is 0.0465. The van der Waals surface area contributed by atoms with Gasteiger partial charge >= 0.3 is 11.9 Å². The van der Waals surface area contributed by atoms with Crippen LogP contribution < -0.4 is 20.1 Å². The van der Waals surface area contributed by atoms with E-state index in [9.17, 15) is 20.0 Å². The number of pyridine rings is 1. The second-order valence-electron chi connectivity index (χ2n) is 14.1. The highest BCUT2D eigenvalue weighted by molar-refractivity contribution is 7.21. The highest BCUT2D eigenvalue weighted by Crippen LogP contribution is 2.39. The maximum atomic E-state index is 11.0. The van der Waals surface area contributed by atoms with Crippen LogP contribution in [-0.4, -0.2) is 56.4 Å². The number of carboxylic acids is 2. The van der Waals surface area contributed by atoms with Crippen molar-refractivity contribution >= 4 is 45.1 Å². The summed E-state index contributed by atoms with van der Waals surface area (Å²) in [7, 11) is 0. The summed E-state index contributed by atoms with van der Waals surface area (Å²) in [5, 5.41) is 44.8. The second-order valence-corrected chi connectivity index (χ2v) is 15.5. The van der Waals surface area contributed by atoms with E-state index in [2.05, 4.69) is 59.8 Å². The largest absolute Gasteiger partial charge is 0.488 e. The van der Waals surface area contributed by atoms with E-state index in [4.69, 9.17) is 36.3 Å². The molecule has 0 saturated carbocycles. The molecule has 0 aliphatic heterocycles. The van der Waals surface area contributed by atoms with Crippen LogP contribution in [0.2, 0.25) is 5.02 Å². The van der Waals surface area contributed by atoms with Crippen LogP contribution in [-0.2, 0) is 35.9 Å². The number of hydrogen-bond donors (Lipinski definition) is 5. The first kappa shape index (κ1) is 42.7. The molecule has 6 rings (SSSR count). The van der Waals surface area contributed by atoms with Crippen LogP contribution in [0.1, 0.15) is 58.2 Å². The Labute approximate surface area is 351 Å². The van der Waals surface area contributed by atoms with Gasteiger partial charge in [-0.15, -0.1) is 11.3 Å². The maximum Gasteiger partial charge on any atom is 0.306 e. The molecule has 0 saturated heterocycles. The Kier molecular flexibility index (Phi) is 14.6. The number of hydrogen-bond acceptors (Lipinski definition) is 11. The molecule has 0 aliphatic carbocycles. The molecule has 2 heterocycles. The lowest BCUT2D eigenvalue weighted by Gasteiger charge is -2.18. The third-order valence-electron chi connectivity index (χ3n) is 9.75. The van der Waals surface area contributed by atoms with Crippen LogP contribution >= 0.6 is 22.9 Å². The molecular formula is C45H44ClN5O7S. The molecule has 0 radical (unpaired) electrons. The number of nitrogens with one attached hydrogen (secondary N) is 2. The predicted octanol–water partition coefficient (Wildman–Crippen LogP) is 8.20. The van der Waals surface area contributed by atoms with Gasteiger partial charge in [-0.2, -0.15) is 5.26 Å². The lowest BCUT2D eigenvalue weighted by molar-refractivity contribution is -0.139. The number of fused-ring (bicyclic) bond motifs is 1. The van der Waals surface area contributed by atoms with Gasteiger partial charge in [-0.3, -0.25) is 14.6 Å². The van der Waals surface area contributed by atoms with Crippen molar-refractivity contribution < 1.29 is 34.4 Å². The van der Waals surface area contributed by atoms with Gasteiger partial charge in [0.25, 0.3) is 0 Å². The molecule has 4 aromatic carbocycles. The Hall–Kier alpha value is -5.88. The van der Waals surface area contributed by atoms with Gasteiger partial charge in [0.1, 0.15) is 35.8 Å². The molecule has 59 heavy (non-hydrogen) atoms.